The summed E-state index contributed by atoms with van der Waals surface area (Å²) in [5, 5.41) is 3.45. The summed E-state index contributed by atoms with van der Waals surface area (Å²) in [6.45, 7) is 2.67. The summed E-state index contributed by atoms with van der Waals surface area (Å²) < 4.78 is 38.2. The lowest BCUT2D eigenvalue weighted by atomic mass is 10.0. The molecule has 3 aromatic rings. The van der Waals surface area contributed by atoms with Gasteiger partial charge in [-0.3, -0.25) is 13.9 Å². The Bertz CT molecular complexity index is 1450. The van der Waals surface area contributed by atoms with E-state index in [0.29, 0.717) is 36.3 Å². The van der Waals surface area contributed by atoms with Gasteiger partial charge in [-0.15, -0.1) is 0 Å². The van der Waals surface area contributed by atoms with Crippen LogP contribution in [0.1, 0.15) is 24.5 Å². The van der Waals surface area contributed by atoms with Crippen molar-refractivity contribution in [3.63, 3.8) is 0 Å². The molecule has 41 heavy (non-hydrogen) atoms. The summed E-state index contributed by atoms with van der Waals surface area (Å²) in [5.74, 6) is 0.0459. The molecular formula is C30H34ClN3O6S. The van der Waals surface area contributed by atoms with E-state index < -0.39 is 28.5 Å². The van der Waals surface area contributed by atoms with Crippen LogP contribution in [-0.4, -0.2) is 63.7 Å². The van der Waals surface area contributed by atoms with Crippen LogP contribution in [-0.2, 0) is 32.6 Å². The number of rotatable bonds is 12. The van der Waals surface area contributed by atoms with Gasteiger partial charge in [-0.25, -0.2) is 8.42 Å². The molecule has 1 aliphatic rings. The SMILES string of the molecule is CCCNC(=O)C(Cc1ccccc1)N(Cc1ccc(Cl)cc1)C(=O)CN(c1ccc2c(c1)OCCO2)S(C)(=O)=O. The number of amides is 2. The number of fused-ring (bicyclic) bond motifs is 1. The van der Waals surface area contributed by atoms with Gasteiger partial charge >= 0.3 is 0 Å². The second-order valence-corrected chi connectivity index (χ2v) is 12.1. The first-order valence-corrected chi connectivity index (χ1v) is 15.6. The highest BCUT2D eigenvalue weighted by Gasteiger charge is 2.33. The van der Waals surface area contributed by atoms with Crippen molar-refractivity contribution in [2.24, 2.45) is 0 Å². The normalized spacial score (nSPS) is 13.2. The average Bonchev–Trinajstić information content (AvgIpc) is 2.97. The Morgan fingerprint density at radius 1 is 0.951 bits per heavy atom. The Hall–Kier alpha value is -3.76. The van der Waals surface area contributed by atoms with Crippen LogP contribution in [0.4, 0.5) is 5.69 Å². The molecule has 0 bridgehead atoms. The fraction of sp³-hybridized carbons (Fsp3) is 0.333. The Morgan fingerprint density at radius 2 is 1.63 bits per heavy atom. The van der Waals surface area contributed by atoms with Crippen LogP contribution in [0.25, 0.3) is 0 Å². The minimum atomic E-state index is -3.90. The van der Waals surface area contributed by atoms with E-state index >= 15 is 0 Å². The van der Waals surface area contributed by atoms with E-state index in [4.69, 9.17) is 21.1 Å². The zero-order chi connectivity index (χ0) is 29.4. The summed E-state index contributed by atoms with van der Waals surface area (Å²) in [7, 11) is -3.90. The second-order valence-electron chi connectivity index (χ2n) is 9.74. The molecule has 11 heteroatoms. The molecule has 1 atom stereocenters. The molecule has 2 amide bonds. The van der Waals surface area contributed by atoms with Gasteiger partial charge in [0.2, 0.25) is 21.8 Å². The van der Waals surface area contributed by atoms with Crippen LogP contribution in [0.5, 0.6) is 11.5 Å². The third kappa shape index (κ3) is 8.14. The van der Waals surface area contributed by atoms with Crippen molar-refractivity contribution in [1.29, 1.82) is 0 Å². The smallest absolute Gasteiger partial charge is 0.244 e. The highest BCUT2D eigenvalue weighted by atomic mass is 35.5. The lowest BCUT2D eigenvalue weighted by molar-refractivity contribution is -0.140. The first kappa shape index (κ1) is 30.2. The first-order chi connectivity index (χ1) is 19.7. The molecule has 0 aliphatic carbocycles. The van der Waals surface area contributed by atoms with Gasteiger partial charge in [-0.05, 0) is 41.8 Å². The maximum atomic E-state index is 14.1. The molecule has 1 heterocycles. The summed E-state index contributed by atoms with van der Waals surface area (Å²) in [6.07, 6.45) is 2.01. The lowest BCUT2D eigenvalue weighted by Gasteiger charge is -2.33. The minimum absolute atomic E-state index is 0.0752. The van der Waals surface area contributed by atoms with Crippen molar-refractivity contribution in [3.8, 4) is 11.5 Å². The Kier molecular flexibility index (Phi) is 10.1. The molecule has 4 rings (SSSR count). The first-order valence-electron chi connectivity index (χ1n) is 13.4. The lowest BCUT2D eigenvalue weighted by Crippen LogP contribution is -2.53. The molecule has 1 N–H and O–H groups in total. The van der Waals surface area contributed by atoms with E-state index in [1.807, 2.05) is 37.3 Å². The van der Waals surface area contributed by atoms with Crippen LogP contribution in [0.3, 0.4) is 0 Å². The van der Waals surface area contributed by atoms with Crippen LogP contribution in [0, 0.1) is 0 Å². The zero-order valence-electron chi connectivity index (χ0n) is 23.1. The molecule has 0 aromatic heterocycles. The van der Waals surface area contributed by atoms with E-state index in [1.165, 1.54) is 4.90 Å². The number of halogens is 1. The van der Waals surface area contributed by atoms with E-state index in [-0.39, 0.29) is 24.6 Å². The fourth-order valence-corrected chi connectivity index (χ4v) is 5.47. The summed E-state index contributed by atoms with van der Waals surface area (Å²) in [4.78, 5) is 29.1. The van der Waals surface area contributed by atoms with Gasteiger partial charge in [0.15, 0.2) is 11.5 Å². The molecule has 0 fully saturated rings. The summed E-state index contributed by atoms with van der Waals surface area (Å²) in [6, 6.07) is 20.2. The molecule has 0 saturated heterocycles. The minimum Gasteiger partial charge on any atom is -0.486 e. The van der Waals surface area contributed by atoms with Crippen molar-refractivity contribution >= 4 is 39.1 Å². The number of carbonyl (C=O) groups is 2. The number of nitrogens with zero attached hydrogens (tertiary/aromatic N) is 2. The number of anilines is 1. The number of sulfonamides is 1. The van der Waals surface area contributed by atoms with Crippen molar-refractivity contribution in [1.82, 2.24) is 10.2 Å². The van der Waals surface area contributed by atoms with Gasteiger partial charge in [0.05, 0.1) is 11.9 Å². The molecule has 0 saturated carbocycles. The van der Waals surface area contributed by atoms with Gasteiger partial charge in [0, 0.05) is 30.6 Å². The predicted molar refractivity (Wildman–Crippen MR) is 159 cm³/mol. The molecule has 1 unspecified atom stereocenters. The number of hydrogen-bond donors (Lipinski definition) is 1. The van der Waals surface area contributed by atoms with E-state index in [2.05, 4.69) is 5.32 Å². The standard InChI is InChI=1S/C30H34ClN3O6S/c1-3-15-32-30(36)26(18-22-7-5-4-6-8-22)33(20-23-9-11-24(31)12-10-23)29(35)21-34(41(2,37)38)25-13-14-27-28(19-25)40-17-16-39-27/h4-14,19,26H,3,15-18,20-21H2,1-2H3,(H,32,36). The van der Waals surface area contributed by atoms with Crippen LogP contribution < -0.4 is 19.1 Å². The van der Waals surface area contributed by atoms with Gasteiger partial charge in [0.25, 0.3) is 0 Å². The van der Waals surface area contributed by atoms with Crippen molar-refractivity contribution in [2.45, 2.75) is 32.4 Å². The highest BCUT2D eigenvalue weighted by molar-refractivity contribution is 7.92. The Balaban J connectivity index is 1.71. The highest BCUT2D eigenvalue weighted by Crippen LogP contribution is 2.34. The van der Waals surface area contributed by atoms with Crippen molar-refractivity contribution in [2.75, 3.05) is 36.9 Å². The van der Waals surface area contributed by atoms with Gasteiger partial charge in [-0.1, -0.05) is 61.0 Å². The third-order valence-corrected chi connectivity index (χ3v) is 7.97. The molecule has 0 radical (unpaired) electrons. The monoisotopic (exact) mass is 599 g/mol. The largest absolute Gasteiger partial charge is 0.486 e. The Morgan fingerprint density at radius 3 is 2.29 bits per heavy atom. The second kappa shape index (κ2) is 13.7. The van der Waals surface area contributed by atoms with Crippen LogP contribution in [0.15, 0.2) is 72.8 Å². The summed E-state index contributed by atoms with van der Waals surface area (Å²) in [5.41, 5.74) is 1.87. The number of carbonyl (C=O) groups excluding carboxylic acids is 2. The van der Waals surface area contributed by atoms with Crippen molar-refractivity contribution < 1.29 is 27.5 Å². The number of ether oxygens (including phenoxy) is 2. The number of hydrogen-bond acceptors (Lipinski definition) is 6. The quantitative estimate of drug-likeness (QED) is 0.337. The number of nitrogens with one attached hydrogen (secondary N) is 1. The number of benzene rings is 3. The fourth-order valence-electron chi connectivity index (χ4n) is 4.51. The molecule has 0 spiro atoms. The van der Waals surface area contributed by atoms with Crippen LogP contribution >= 0.6 is 11.6 Å². The molecule has 1 aliphatic heterocycles. The van der Waals surface area contributed by atoms with Crippen LogP contribution in [0.2, 0.25) is 5.02 Å². The van der Waals surface area contributed by atoms with Gasteiger partial charge < -0.3 is 19.7 Å². The topological polar surface area (TPSA) is 105 Å². The summed E-state index contributed by atoms with van der Waals surface area (Å²) >= 11 is 6.09. The molecule has 3 aromatic carbocycles. The van der Waals surface area contributed by atoms with Gasteiger partial charge in [-0.2, -0.15) is 0 Å². The average molecular weight is 600 g/mol. The third-order valence-electron chi connectivity index (χ3n) is 6.58. The predicted octanol–water partition coefficient (Wildman–Crippen LogP) is 4.04. The van der Waals surface area contributed by atoms with Gasteiger partial charge in [0.1, 0.15) is 25.8 Å². The maximum Gasteiger partial charge on any atom is 0.244 e. The molecular weight excluding hydrogens is 566 g/mol. The Labute approximate surface area is 246 Å². The van der Waals surface area contributed by atoms with E-state index in [9.17, 15) is 18.0 Å². The van der Waals surface area contributed by atoms with Crippen molar-refractivity contribution in [3.05, 3.63) is 88.9 Å². The molecule has 9 nitrogen and oxygen atoms in total. The molecule has 218 valence electrons. The maximum absolute atomic E-state index is 14.1. The zero-order valence-corrected chi connectivity index (χ0v) is 24.7. The van der Waals surface area contributed by atoms with E-state index in [1.54, 1.807) is 42.5 Å². The van der Waals surface area contributed by atoms with E-state index in [0.717, 1.165) is 28.1 Å².